The zero-order valence-corrected chi connectivity index (χ0v) is 35.4. The van der Waals surface area contributed by atoms with Crippen LogP contribution in [0.3, 0.4) is 0 Å². The Kier molecular flexibility index (Phi) is 14.9. The van der Waals surface area contributed by atoms with Crippen LogP contribution < -0.4 is 19.2 Å². The highest BCUT2D eigenvalue weighted by atomic mass is 32.2. The van der Waals surface area contributed by atoms with Gasteiger partial charge in [-0.2, -0.15) is 37.2 Å². The van der Waals surface area contributed by atoms with E-state index in [1.165, 1.54) is 67.8 Å². The molecule has 1 amide bonds. The molecule has 0 saturated carbocycles. The minimum absolute atomic E-state index is 0.0376. The predicted molar refractivity (Wildman–Crippen MR) is 224 cm³/mol. The molecular formula is C37H34N8O16S3. The number of phenols is 1. The van der Waals surface area contributed by atoms with Gasteiger partial charge in [0.05, 0.1) is 59.2 Å². The van der Waals surface area contributed by atoms with Gasteiger partial charge in [-0.1, -0.05) is 5.04 Å². The first-order valence-corrected chi connectivity index (χ1v) is 21.6. The van der Waals surface area contributed by atoms with Crippen LogP contribution in [0.4, 0.5) is 34.1 Å². The Balaban J connectivity index is 1.33. The molecule has 1 unspecified atom stereocenters. The lowest BCUT2D eigenvalue weighted by atomic mass is 10.1. The number of nitrogens with zero attached hydrogens (tertiary/aromatic N) is 8. The van der Waals surface area contributed by atoms with E-state index in [1.807, 2.05) is 0 Å². The lowest BCUT2D eigenvalue weighted by Crippen LogP contribution is -2.29. The third-order valence-corrected chi connectivity index (χ3v) is 11.0. The highest BCUT2D eigenvalue weighted by molar-refractivity contribution is 7.94. The number of anilines is 1. The number of aliphatic hydroxyl groups excluding tert-OH is 2. The number of rotatable bonds is 19. The average molecular weight is 943 g/mol. The number of carbonyl (C=O) groups is 1. The van der Waals surface area contributed by atoms with Crippen LogP contribution in [0.15, 0.2) is 129 Å². The summed E-state index contributed by atoms with van der Waals surface area (Å²) >= 11 is 0.430. The van der Waals surface area contributed by atoms with Gasteiger partial charge in [-0.05, 0) is 73.0 Å². The van der Waals surface area contributed by atoms with Crippen molar-refractivity contribution < 1.29 is 74.9 Å². The molecule has 6 rings (SSSR count). The van der Waals surface area contributed by atoms with Gasteiger partial charge < -0.3 is 29.5 Å². The molecule has 5 aromatic carbocycles. The van der Waals surface area contributed by atoms with Gasteiger partial charge in [0.25, 0.3) is 26.1 Å². The van der Waals surface area contributed by atoms with Crippen LogP contribution in [0.25, 0.3) is 10.8 Å². The van der Waals surface area contributed by atoms with E-state index >= 15 is 0 Å². The SMILES string of the molecule is COc1ccc(N=Nc2cc(OCCO)c(N=Nc3c(SOOO)cc4cc(/N=N/C5C(=O)N(c6ccc(S(=O)(=O)O)cc6)N=C5C)ccc4c3O)cc2OCCO)c(S(=O)(=O)O)c1. The average Bonchev–Trinajstić information content (AvgIpc) is 3.56. The molecular weight excluding hydrogens is 909 g/mol. The van der Waals surface area contributed by atoms with Crippen LogP contribution >= 0.6 is 12.0 Å². The second kappa shape index (κ2) is 20.3. The highest BCUT2D eigenvalue weighted by Crippen LogP contribution is 2.47. The maximum absolute atomic E-state index is 13.2. The van der Waals surface area contributed by atoms with E-state index in [0.29, 0.717) is 17.4 Å². The Morgan fingerprint density at radius 1 is 0.781 bits per heavy atom. The minimum atomic E-state index is -4.78. The highest BCUT2D eigenvalue weighted by Gasteiger charge is 2.35. The molecule has 0 bridgehead atoms. The summed E-state index contributed by atoms with van der Waals surface area (Å²) in [7, 11) is -7.94. The first kappa shape index (κ1) is 47.0. The summed E-state index contributed by atoms with van der Waals surface area (Å²) in [5, 5.41) is 73.9. The quantitative estimate of drug-likeness (QED) is 0.0161. The lowest BCUT2D eigenvalue weighted by Gasteiger charge is -2.13. The number of hydrogen-bond acceptors (Lipinski definition) is 22. The van der Waals surface area contributed by atoms with Crippen LogP contribution in [0.5, 0.6) is 23.0 Å². The molecule has 24 nitrogen and oxygen atoms in total. The van der Waals surface area contributed by atoms with E-state index in [-0.39, 0.29) is 85.5 Å². The van der Waals surface area contributed by atoms with Gasteiger partial charge in [0, 0.05) is 23.6 Å². The molecule has 6 N–H and O–H groups in total. The summed E-state index contributed by atoms with van der Waals surface area (Å²) < 4.78 is 87.1. The number of methoxy groups -OCH3 is 1. The zero-order chi connectivity index (χ0) is 46.2. The fraction of sp³-hybridized carbons (Fsp3) is 0.189. The van der Waals surface area contributed by atoms with Crippen LogP contribution in [0, 0.1) is 0 Å². The summed E-state index contributed by atoms with van der Waals surface area (Å²) in [6.07, 6.45) is 0. The Morgan fingerprint density at radius 3 is 2.02 bits per heavy atom. The summed E-state index contributed by atoms with van der Waals surface area (Å²) in [6.45, 7) is 0.171. The monoisotopic (exact) mass is 942 g/mol. The van der Waals surface area contributed by atoms with Crippen molar-refractivity contribution >= 4 is 88.8 Å². The van der Waals surface area contributed by atoms with Gasteiger partial charge in [-0.25, -0.2) is 5.26 Å². The molecule has 336 valence electrons. The molecule has 64 heavy (non-hydrogen) atoms. The van der Waals surface area contributed by atoms with Gasteiger partial charge in [-0.3, -0.25) is 13.9 Å². The van der Waals surface area contributed by atoms with Gasteiger partial charge in [0.2, 0.25) is 0 Å². The molecule has 0 radical (unpaired) electrons. The molecule has 1 atom stereocenters. The van der Waals surface area contributed by atoms with E-state index < -0.39 is 56.0 Å². The molecule has 0 fully saturated rings. The first-order valence-electron chi connectivity index (χ1n) is 18.0. The second-order valence-electron chi connectivity index (χ2n) is 12.8. The number of aliphatic hydroxyl groups is 2. The number of carbonyl (C=O) groups excluding carboxylic acids is 1. The van der Waals surface area contributed by atoms with Crippen molar-refractivity contribution in [3.63, 3.8) is 0 Å². The number of fused-ring (bicyclic) bond motifs is 1. The minimum Gasteiger partial charge on any atom is -0.505 e. The van der Waals surface area contributed by atoms with Crippen LogP contribution in [-0.2, 0) is 34.4 Å². The van der Waals surface area contributed by atoms with E-state index in [0.717, 1.165) is 23.2 Å². The van der Waals surface area contributed by atoms with Gasteiger partial charge in [0.15, 0.2) is 11.8 Å². The van der Waals surface area contributed by atoms with Gasteiger partial charge >= 0.3 is 0 Å². The van der Waals surface area contributed by atoms with Crippen molar-refractivity contribution in [2.75, 3.05) is 38.5 Å². The second-order valence-corrected chi connectivity index (χ2v) is 16.4. The van der Waals surface area contributed by atoms with Crippen molar-refractivity contribution in [2.24, 2.45) is 35.8 Å². The van der Waals surface area contributed by atoms with Crippen LogP contribution in [-0.4, -0.2) is 97.7 Å². The maximum Gasteiger partial charge on any atom is 0.296 e. The summed E-state index contributed by atoms with van der Waals surface area (Å²) in [4.78, 5) is 12.3. The molecule has 1 heterocycles. The number of amides is 1. The molecule has 1 aliphatic heterocycles. The number of azo groups is 3. The maximum atomic E-state index is 13.2. The molecule has 0 saturated heterocycles. The first-order chi connectivity index (χ1) is 30.6. The summed E-state index contributed by atoms with van der Waals surface area (Å²) in [5.41, 5.74) is 0.106. The normalized spacial score (nSPS) is 14.7. The van der Waals surface area contributed by atoms with E-state index in [2.05, 4.69) is 45.2 Å². The number of hydrogen-bond donors (Lipinski definition) is 6. The molecule has 0 aliphatic carbocycles. The van der Waals surface area contributed by atoms with Crippen LogP contribution in [0.2, 0.25) is 0 Å². The van der Waals surface area contributed by atoms with E-state index in [4.69, 9.17) is 19.5 Å². The Morgan fingerprint density at radius 2 is 1.42 bits per heavy atom. The molecule has 1 aliphatic rings. The Bertz CT molecular complexity index is 2920. The number of benzene rings is 5. The third-order valence-electron chi connectivity index (χ3n) is 8.66. The fourth-order valence-electron chi connectivity index (χ4n) is 5.73. The summed E-state index contributed by atoms with van der Waals surface area (Å²) in [5.74, 6) is -1.04. The molecule has 0 spiro atoms. The standard InChI is InChI=1S/C37H34N8O16S3/c1-20-34(37(49)45(44-20)23-4-7-25(8-5-23)63(51,52)53)42-38-22-3-9-26-21(15-22)16-32(62-61-60-50)35(36(26)48)43-41-29-19-30(58-13-11-46)28(18-31(29)59-14-12-47)40-39-27-10-6-24(57-2)17-33(27)64(54,55)56/h3-10,15-19,34,46-48,50H,11-14H2,1-2H3,(H,51,52,53)(H,54,55,56)/b40-39?,42-38+,43-41?. The molecule has 0 aromatic heterocycles. The van der Waals surface area contributed by atoms with Gasteiger partial charge in [0.1, 0.15) is 58.1 Å². The van der Waals surface area contributed by atoms with E-state index in [1.54, 1.807) is 6.92 Å². The van der Waals surface area contributed by atoms with Crippen LogP contribution in [0.1, 0.15) is 6.92 Å². The number of ether oxygens (including phenoxy) is 3. The molecule has 5 aromatic rings. The smallest absolute Gasteiger partial charge is 0.296 e. The number of phenolic OH excluding ortho intramolecular Hbond substituents is 1. The van der Waals surface area contributed by atoms with Crippen molar-refractivity contribution in [1.82, 2.24) is 0 Å². The molecule has 27 heteroatoms. The van der Waals surface area contributed by atoms with E-state index in [9.17, 15) is 46.1 Å². The Hall–Kier alpha value is -6.53. The van der Waals surface area contributed by atoms with Crippen molar-refractivity contribution in [2.45, 2.75) is 27.7 Å². The fourth-order valence-corrected chi connectivity index (χ4v) is 7.34. The van der Waals surface area contributed by atoms with Crippen molar-refractivity contribution in [3.8, 4) is 23.0 Å². The topological polar surface area (TPSA) is 343 Å². The summed E-state index contributed by atoms with van der Waals surface area (Å²) in [6, 6.07) is 15.8. The number of aromatic hydroxyl groups is 1. The third kappa shape index (κ3) is 11.0. The van der Waals surface area contributed by atoms with Crippen molar-refractivity contribution in [1.29, 1.82) is 0 Å². The van der Waals surface area contributed by atoms with Gasteiger partial charge in [-0.15, -0.1) is 24.8 Å². The largest absolute Gasteiger partial charge is 0.505 e. The lowest BCUT2D eigenvalue weighted by molar-refractivity contribution is -0.432. The number of hydrazone groups is 1. The zero-order valence-electron chi connectivity index (χ0n) is 33.0. The predicted octanol–water partition coefficient (Wildman–Crippen LogP) is 6.92. The van der Waals surface area contributed by atoms with Crippen molar-refractivity contribution in [3.05, 3.63) is 78.9 Å². The Labute approximate surface area is 366 Å².